The molecule has 1 aliphatic rings. The number of rotatable bonds is 1. The molecule has 0 saturated carbocycles. The second kappa shape index (κ2) is 14.5. The van der Waals surface area contributed by atoms with E-state index in [-0.39, 0.29) is 30.2 Å². The summed E-state index contributed by atoms with van der Waals surface area (Å²) in [5, 5.41) is 7.82. The summed E-state index contributed by atoms with van der Waals surface area (Å²) in [6.07, 6.45) is 3.36. The van der Waals surface area contributed by atoms with Gasteiger partial charge in [0.2, 0.25) is 0 Å². The van der Waals surface area contributed by atoms with Crippen LogP contribution in [0.1, 0.15) is 27.7 Å². The maximum Gasteiger partial charge on any atom is -0.0178 e. The third kappa shape index (κ3) is 7.64. The first-order chi connectivity index (χ1) is 17.2. The van der Waals surface area contributed by atoms with Gasteiger partial charge in [0, 0.05) is 0 Å². The van der Waals surface area contributed by atoms with Crippen molar-refractivity contribution in [2.45, 2.75) is 40.8 Å². The van der Waals surface area contributed by atoms with Crippen LogP contribution in [0.2, 0.25) is 13.1 Å². The average Bonchev–Trinajstić information content (AvgIpc) is 3.39. The van der Waals surface area contributed by atoms with Crippen LogP contribution in [-0.4, -0.2) is 5.43 Å². The van der Waals surface area contributed by atoms with Gasteiger partial charge in [0.15, 0.2) is 0 Å². The van der Waals surface area contributed by atoms with Crippen molar-refractivity contribution >= 4 is 62.6 Å². The molecular formula is C34H36Cl2SiZr. The SMILES string of the molecule is CC1=[C-]C(C)C(C)=C1C.C[Si](C)=[Zr+2].Cl.Cl.c1ccc2cc3cc(-c4c[cH-]c5ccccc45)ccc3cc2c1. The van der Waals surface area contributed by atoms with Crippen LogP contribution in [-0.2, 0) is 23.3 Å². The van der Waals surface area contributed by atoms with Crippen molar-refractivity contribution in [2.75, 3.05) is 0 Å². The molecular weight excluding hydrogens is 599 g/mol. The third-order valence-electron chi connectivity index (χ3n) is 6.93. The van der Waals surface area contributed by atoms with Crippen molar-refractivity contribution in [3.05, 3.63) is 114 Å². The van der Waals surface area contributed by atoms with E-state index in [2.05, 4.69) is 138 Å². The quantitative estimate of drug-likeness (QED) is 0.0978. The van der Waals surface area contributed by atoms with E-state index in [1.54, 1.807) is 23.3 Å². The maximum absolute atomic E-state index is 3.36. The summed E-state index contributed by atoms with van der Waals surface area (Å²) in [5.74, 6) is 0.560. The first kappa shape index (κ1) is 32.4. The summed E-state index contributed by atoms with van der Waals surface area (Å²) in [5.41, 5.74) is 7.06. The Kier molecular flexibility index (Phi) is 12.4. The van der Waals surface area contributed by atoms with E-state index in [4.69, 9.17) is 0 Å². The van der Waals surface area contributed by atoms with Crippen LogP contribution in [0.3, 0.4) is 0 Å². The fourth-order valence-corrected chi connectivity index (χ4v) is 4.67. The van der Waals surface area contributed by atoms with Gasteiger partial charge in [-0.25, -0.2) is 5.57 Å². The maximum atomic E-state index is 3.36. The van der Waals surface area contributed by atoms with Crippen molar-refractivity contribution in [1.29, 1.82) is 0 Å². The predicted molar refractivity (Wildman–Crippen MR) is 172 cm³/mol. The van der Waals surface area contributed by atoms with Gasteiger partial charge in [-0.1, -0.05) is 80.8 Å². The molecule has 0 N–H and O–H groups in total. The fourth-order valence-electron chi connectivity index (χ4n) is 4.67. The van der Waals surface area contributed by atoms with Crippen LogP contribution in [0, 0.1) is 12.0 Å². The molecule has 0 saturated heterocycles. The van der Waals surface area contributed by atoms with Gasteiger partial charge in [0.1, 0.15) is 0 Å². The fraction of sp³-hybridized carbons (Fsp3) is 0.206. The van der Waals surface area contributed by atoms with E-state index in [9.17, 15) is 0 Å². The third-order valence-corrected chi connectivity index (χ3v) is 6.93. The second-order valence-electron chi connectivity index (χ2n) is 9.89. The molecule has 1 unspecified atom stereocenters. The monoisotopic (exact) mass is 632 g/mol. The largest absolute Gasteiger partial charge is 0.150 e. The van der Waals surface area contributed by atoms with Gasteiger partial charge >= 0.3 is 41.9 Å². The molecule has 1 aliphatic carbocycles. The van der Waals surface area contributed by atoms with Crippen molar-refractivity contribution in [3.63, 3.8) is 0 Å². The molecule has 0 aromatic heterocycles. The van der Waals surface area contributed by atoms with Gasteiger partial charge in [-0.15, -0.1) is 78.4 Å². The Bertz CT molecular complexity index is 1620. The van der Waals surface area contributed by atoms with Crippen LogP contribution in [0.5, 0.6) is 0 Å². The zero-order chi connectivity index (χ0) is 25.8. The van der Waals surface area contributed by atoms with E-state index in [0.717, 1.165) is 0 Å². The van der Waals surface area contributed by atoms with E-state index in [1.165, 1.54) is 60.2 Å². The molecule has 0 aliphatic heterocycles. The smallest absolute Gasteiger partial charge is 0.0178 e. The molecule has 1 atom stereocenters. The van der Waals surface area contributed by atoms with Gasteiger partial charge in [-0.05, 0) is 33.7 Å². The molecule has 194 valence electrons. The number of hydrogen-bond donors (Lipinski definition) is 0. The molecule has 6 rings (SSSR count). The Morgan fingerprint density at radius 2 is 1.32 bits per heavy atom. The molecule has 0 radical (unpaired) electrons. The molecule has 0 fully saturated rings. The van der Waals surface area contributed by atoms with E-state index < -0.39 is 0 Å². The van der Waals surface area contributed by atoms with Gasteiger partial charge < -0.3 is 0 Å². The van der Waals surface area contributed by atoms with E-state index >= 15 is 0 Å². The second-order valence-corrected chi connectivity index (χ2v) is 19.3. The summed E-state index contributed by atoms with van der Waals surface area (Å²) in [4.78, 5) is 0. The Morgan fingerprint density at radius 3 is 1.87 bits per heavy atom. The zero-order valence-electron chi connectivity index (χ0n) is 23.1. The molecule has 5 aromatic carbocycles. The van der Waals surface area contributed by atoms with Crippen LogP contribution in [0.4, 0.5) is 0 Å². The first-order valence-electron chi connectivity index (χ1n) is 12.6. The van der Waals surface area contributed by atoms with Crippen molar-refractivity contribution < 1.29 is 23.3 Å². The minimum atomic E-state index is 0. The summed E-state index contributed by atoms with van der Waals surface area (Å²) in [6.45, 7) is 13.3. The minimum Gasteiger partial charge on any atom is -0.150 e. The van der Waals surface area contributed by atoms with Crippen LogP contribution in [0.25, 0.3) is 43.4 Å². The number of benzene rings is 4. The van der Waals surface area contributed by atoms with Crippen molar-refractivity contribution in [2.24, 2.45) is 5.92 Å². The van der Waals surface area contributed by atoms with Crippen molar-refractivity contribution in [3.8, 4) is 11.1 Å². The normalized spacial score (nSPS) is 14.1. The molecule has 5 aromatic rings. The number of allylic oxidation sites excluding steroid dienone is 4. The molecule has 0 bridgehead atoms. The van der Waals surface area contributed by atoms with E-state index in [0.29, 0.717) is 5.92 Å². The summed E-state index contributed by atoms with van der Waals surface area (Å²) in [6, 6.07) is 32.9. The topological polar surface area (TPSA) is 0 Å². The Balaban J connectivity index is 0.000000286. The number of fused-ring (bicyclic) bond motifs is 3. The average molecular weight is 635 g/mol. The Hall–Kier alpha value is -1.83. The molecule has 0 heterocycles. The zero-order valence-corrected chi connectivity index (χ0v) is 28.1. The van der Waals surface area contributed by atoms with Crippen molar-refractivity contribution in [1.82, 2.24) is 0 Å². The summed E-state index contributed by atoms with van der Waals surface area (Å²) < 4.78 is 0. The minimum absolute atomic E-state index is 0. The summed E-state index contributed by atoms with van der Waals surface area (Å²) >= 11 is 1.74. The van der Waals surface area contributed by atoms with Crippen LogP contribution in [0.15, 0.2) is 108 Å². The number of hydrogen-bond acceptors (Lipinski definition) is 0. The van der Waals surface area contributed by atoms with E-state index in [1.807, 2.05) is 0 Å². The molecule has 0 spiro atoms. The van der Waals surface area contributed by atoms with Crippen LogP contribution >= 0.6 is 24.8 Å². The van der Waals surface area contributed by atoms with Gasteiger partial charge in [0.05, 0.1) is 0 Å². The first-order valence-corrected chi connectivity index (χ1v) is 18.8. The number of halogens is 2. The Morgan fingerprint density at radius 1 is 0.763 bits per heavy atom. The molecule has 0 nitrogen and oxygen atoms in total. The molecule has 0 amide bonds. The molecule has 4 heteroatoms. The Labute approximate surface area is 255 Å². The van der Waals surface area contributed by atoms with Crippen LogP contribution < -0.4 is 0 Å². The van der Waals surface area contributed by atoms with Gasteiger partial charge in [-0.2, -0.15) is 11.1 Å². The van der Waals surface area contributed by atoms with Gasteiger partial charge in [0.25, 0.3) is 0 Å². The van der Waals surface area contributed by atoms with Gasteiger partial charge in [-0.3, -0.25) is 6.08 Å². The predicted octanol–water partition coefficient (Wildman–Crippen LogP) is 10.9. The summed E-state index contributed by atoms with van der Waals surface area (Å²) in [7, 11) is 0. The molecule has 38 heavy (non-hydrogen) atoms. The standard InChI is InChI=1S/C23H15.C9H13.C2H6Si.2ClH.Zr/c1-2-7-18-14-21-15-20(10-9-19(21)13-17(18)6-1)23-12-11-16-5-3-4-8-22(16)23;1-6-5-7(2)9(4)8(6)3;1-3-2;;;/h1-15H;6H,1-4H3;1-2H3;2*1H;/q2*-1;;;;+2.